The minimum absolute atomic E-state index is 1.00. The highest BCUT2D eigenvalue weighted by atomic mass is 15.2. The molecule has 0 aromatic heterocycles. The molecule has 0 aliphatic carbocycles. The van der Waals surface area contributed by atoms with Crippen LogP contribution in [0.5, 0.6) is 0 Å². The van der Waals surface area contributed by atoms with Crippen LogP contribution in [0, 0.1) is 0 Å². The van der Waals surface area contributed by atoms with Crippen LogP contribution in [0.15, 0.2) is 0 Å². The van der Waals surface area contributed by atoms with E-state index in [1.54, 1.807) is 0 Å². The third kappa shape index (κ3) is 0.953. The van der Waals surface area contributed by atoms with Gasteiger partial charge in [0.15, 0.2) is 0 Å². The maximum Gasteiger partial charge on any atom is 0.0102 e. The summed E-state index contributed by atoms with van der Waals surface area (Å²) in [6.45, 7) is 0. The molecule has 0 aromatic carbocycles. The molecular weight excluding hydrogens is 146 g/mol. The molecule has 0 spiro atoms. The average Bonchev–Trinajstić information content (AvgIpc) is 2.52. The predicted molar refractivity (Wildman–Crippen MR) is 50.1 cm³/mol. The SMILES string of the molecule is C1CC2CCCC3CCC(C1)N23. The van der Waals surface area contributed by atoms with Crippen LogP contribution in [0.25, 0.3) is 0 Å². The van der Waals surface area contributed by atoms with Gasteiger partial charge >= 0.3 is 0 Å². The minimum Gasteiger partial charge on any atom is -0.294 e. The van der Waals surface area contributed by atoms with E-state index >= 15 is 0 Å². The number of rotatable bonds is 0. The first-order chi connectivity index (χ1) is 5.95. The van der Waals surface area contributed by atoms with Crippen molar-refractivity contribution in [1.82, 2.24) is 4.90 Å². The first kappa shape index (κ1) is 7.37. The Balaban J connectivity index is 1.84. The second-order valence-corrected chi connectivity index (χ2v) is 4.85. The molecule has 12 heavy (non-hydrogen) atoms. The van der Waals surface area contributed by atoms with Gasteiger partial charge in [-0.15, -0.1) is 0 Å². The van der Waals surface area contributed by atoms with Crippen molar-refractivity contribution >= 4 is 0 Å². The summed E-state index contributed by atoms with van der Waals surface area (Å²) in [5, 5.41) is 0. The lowest BCUT2D eigenvalue weighted by molar-refractivity contribution is 0.0457. The van der Waals surface area contributed by atoms with Gasteiger partial charge in [0, 0.05) is 18.1 Å². The molecule has 3 heterocycles. The highest BCUT2D eigenvalue weighted by Crippen LogP contribution is 2.41. The number of hydrogen-bond acceptors (Lipinski definition) is 1. The van der Waals surface area contributed by atoms with Gasteiger partial charge in [0.2, 0.25) is 0 Å². The van der Waals surface area contributed by atoms with Crippen molar-refractivity contribution in [3.05, 3.63) is 0 Å². The summed E-state index contributed by atoms with van der Waals surface area (Å²) in [4.78, 5) is 2.90. The molecule has 1 heteroatoms. The molecule has 3 aliphatic rings. The van der Waals surface area contributed by atoms with Gasteiger partial charge in [0.05, 0.1) is 0 Å². The van der Waals surface area contributed by atoms with Crippen molar-refractivity contribution in [3.63, 3.8) is 0 Å². The average molecular weight is 165 g/mol. The molecule has 0 aromatic rings. The van der Waals surface area contributed by atoms with E-state index < -0.39 is 0 Å². The number of hydrogen-bond donors (Lipinski definition) is 0. The standard InChI is InChI=1S/C11H19N/c1-3-9-4-2-6-11-8-7-10(5-1)12(9)11/h9-11H,1-8H2. The zero-order valence-electron chi connectivity index (χ0n) is 7.84. The van der Waals surface area contributed by atoms with Gasteiger partial charge in [-0.1, -0.05) is 12.8 Å². The van der Waals surface area contributed by atoms with Gasteiger partial charge in [-0.05, 0) is 38.5 Å². The van der Waals surface area contributed by atoms with Crippen LogP contribution in [-0.4, -0.2) is 23.0 Å². The first-order valence-electron chi connectivity index (χ1n) is 5.72. The van der Waals surface area contributed by atoms with E-state index in [1.165, 1.54) is 51.4 Å². The third-order valence-corrected chi connectivity index (χ3v) is 4.25. The topological polar surface area (TPSA) is 3.24 Å². The maximum atomic E-state index is 2.90. The normalized spacial score (nSPS) is 47.5. The Morgan fingerprint density at radius 3 is 1.50 bits per heavy atom. The van der Waals surface area contributed by atoms with E-state index in [0.29, 0.717) is 0 Å². The molecule has 0 N–H and O–H groups in total. The number of nitrogens with zero attached hydrogens (tertiary/aromatic N) is 1. The van der Waals surface area contributed by atoms with Gasteiger partial charge in [-0.2, -0.15) is 0 Å². The fourth-order valence-corrected chi connectivity index (χ4v) is 3.78. The van der Waals surface area contributed by atoms with Gasteiger partial charge in [0.1, 0.15) is 0 Å². The van der Waals surface area contributed by atoms with Crippen molar-refractivity contribution in [2.45, 2.75) is 69.5 Å². The highest BCUT2D eigenvalue weighted by Gasteiger charge is 2.41. The fourth-order valence-electron chi connectivity index (χ4n) is 3.78. The van der Waals surface area contributed by atoms with Gasteiger partial charge < -0.3 is 0 Å². The van der Waals surface area contributed by atoms with Gasteiger partial charge in [-0.3, -0.25) is 4.90 Å². The van der Waals surface area contributed by atoms with E-state index in [2.05, 4.69) is 4.90 Å². The lowest BCUT2D eigenvalue weighted by Crippen LogP contribution is -2.49. The predicted octanol–water partition coefficient (Wildman–Crippen LogP) is 2.56. The molecule has 0 bridgehead atoms. The van der Waals surface area contributed by atoms with Crippen molar-refractivity contribution in [2.75, 3.05) is 0 Å². The number of piperidine rings is 2. The molecule has 0 radical (unpaired) electrons. The van der Waals surface area contributed by atoms with Gasteiger partial charge in [0.25, 0.3) is 0 Å². The Kier molecular flexibility index (Phi) is 1.68. The quantitative estimate of drug-likeness (QED) is 0.533. The largest absolute Gasteiger partial charge is 0.294 e. The molecule has 2 unspecified atom stereocenters. The second-order valence-electron chi connectivity index (χ2n) is 4.85. The summed E-state index contributed by atoms with van der Waals surface area (Å²) in [5.41, 5.74) is 0. The molecule has 68 valence electrons. The molecule has 1 nitrogen and oxygen atoms in total. The Morgan fingerprint density at radius 1 is 0.583 bits per heavy atom. The Labute approximate surface area is 75.1 Å². The van der Waals surface area contributed by atoms with E-state index in [0.717, 1.165) is 18.1 Å². The van der Waals surface area contributed by atoms with Crippen LogP contribution < -0.4 is 0 Å². The van der Waals surface area contributed by atoms with E-state index in [4.69, 9.17) is 0 Å². The van der Waals surface area contributed by atoms with Crippen molar-refractivity contribution in [2.24, 2.45) is 0 Å². The molecular formula is C11H19N. The lowest BCUT2D eigenvalue weighted by atomic mass is 9.89. The summed E-state index contributed by atoms with van der Waals surface area (Å²) in [6, 6.07) is 3.02. The van der Waals surface area contributed by atoms with Crippen LogP contribution >= 0.6 is 0 Å². The van der Waals surface area contributed by atoms with E-state index in [-0.39, 0.29) is 0 Å². The molecule has 3 fully saturated rings. The summed E-state index contributed by atoms with van der Waals surface area (Å²) in [7, 11) is 0. The van der Waals surface area contributed by atoms with Crippen LogP contribution in [0.4, 0.5) is 0 Å². The van der Waals surface area contributed by atoms with Crippen LogP contribution in [-0.2, 0) is 0 Å². The van der Waals surface area contributed by atoms with Crippen LogP contribution in [0.3, 0.4) is 0 Å². The van der Waals surface area contributed by atoms with E-state index in [9.17, 15) is 0 Å². The first-order valence-corrected chi connectivity index (χ1v) is 5.72. The molecule has 3 rings (SSSR count). The van der Waals surface area contributed by atoms with Crippen molar-refractivity contribution in [1.29, 1.82) is 0 Å². The molecule has 2 atom stereocenters. The van der Waals surface area contributed by atoms with Gasteiger partial charge in [-0.25, -0.2) is 0 Å². The maximum absolute atomic E-state index is 2.90. The highest BCUT2D eigenvalue weighted by molar-refractivity contribution is 4.97. The zero-order valence-corrected chi connectivity index (χ0v) is 7.84. The van der Waals surface area contributed by atoms with Crippen LogP contribution in [0.1, 0.15) is 51.4 Å². The summed E-state index contributed by atoms with van der Waals surface area (Å²) >= 11 is 0. The Morgan fingerprint density at radius 2 is 1.00 bits per heavy atom. The molecule has 0 saturated carbocycles. The van der Waals surface area contributed by atoms with Crippen molar-refractivity contribution < 1.29 is 0 Å². The smallest absolute Gasteiger partial charge is 0.0102 e. The minimum atomic E-state index is 1.00. The zero-order chi connectivity index (χ0) is 7.97. The lowest BCUT2D eigenvalue weighted by Gasteiger charge is -2.44. The monoisotopic (exact) mass is 165 g/mol. The third-order valence-electron chi connectivity index (χ3n) is 4.25. The molecule has 3 saturated heterocycles. The summed E-state index contributed by atoms with van der Waals surface area (Å²) in [5.74, 6) is 0. The fraction of sp³-hybridized carbons (Fsp3) is 1.00. The summed E-state index contributed by atoms with van der Waals surface area (Å²) in [6.07, 6.45) is 12.1. The van der Waals surface area contributed by atoms with Crippen molar-refractivity contribution in [3.8, 4) is 0 Å². The second kappa shape index (κ2) is 2.73. The van der Waals surface area contributed by atoms with Crippen LogP contribution in [0.2, 0.25) is 0 Å². The molecule has 0 amide bonds. The molecule has 3 aliphatic heterocycles. The Hall–Kier alpha value is -0.0400. The summed E-state index contributed by atoms with van der Waals surface area (Å²) < 4.78 is 0. The van der Waals surface area contributed by atoms with E-state index in [1.807, 2.05) is 0 Å². The Bertz CT molecular complexity index is 160.